The molecule has 106 valence electrons. The highest BCUT2D eigenvalue weighted by Gasteiger charge is 2.28. The van der Waals surface area contributed by atoms with Crippen LogP contribution in [-0.2, 0) is 9.05 Å². The van der Waals surface area contributed by atoms with Gasteiger partial charge in [0.1, 0.15) is 4.21 Å². The van der Waals surface area contributed by atoms with Crippen LogP contribution in [-0.4, -0.2) is 31.8 Å². The minimum atomic E-state index is -3.75. The molecule has 2 rings (SSSR count). The number of thiophene rings is 1. The summed E-state index contributed by atoms with van der Waals surface area (Å²) in [6, 6.07) is 1.55. The van der Waals surface area contributed by atoms with Gasteiger partial charge in [0.15, 0.2) is 0 Å². The van der Waals surface area contributed by atoms with Crippen LogP contribution in [0.2, 0.25) is 0 Å². The lowest BCUT2D eigenvalue weighted by molar-refractivity contribution is 0.0589. The van der Waals surface area contributed by atoms with E-state index in [1.54, 1.807) is 5.38 Å². The molecule has 0 bridgehead atoms. The lowest BCUT2D eigenvalue weighted by Gasteiger charge is -2.36. The lowest BCUT2D eigenvalue weighted by atomic mass is 9.93. The molecule has 0 radical (unpaired) electrons. The monoisotopic (exact) mass is 321 g/mol. The summed E-state index contributed by atoms with van der Waals surface area (Å²) in [5, 5.41) is 1.56. The maximum absolute atomic E-state index is 12.4. The zero-order chi connectivity index (χ0) is 14.2. The molecule has 2 unspecified atom stereocenters. The maximum Gasteiger partial charge on any atom is 0.270 e. The molecule has 1 aliphatic heterocycles. The van der Waals surface area contributed by atoms with Crippen molar-refractivity contribution in [2.45, 2.75) is 36.9 Å². The van der Waals surface area contributed by atoms with Crippen LogP contribution in [0.25, 0.3) is 0 Å². The van der Waals surface area contributed by atoms with Gasteiger partial charge in [-0.15, -0.1) is 11.3 Å². The van der Waals surface area contributed by atoms with Crippen molar-refractivity contribution in [1.82, 2.24) is 4.90 Å². The number of nitrogens with zero attached hydrogens (tertiary/aromatic N) is 1. The van der Waals surface area contributed by atoms with E-state index in [9.17, 15) is 13.2 Å². The summed E-state index contributed by atoms with van der Waals surface area (Å²) in [5.74, 6) is 0.516. The number of carbonyl (C=O) groups is 1. The molecule has 0 N–H and O–H groups in total. The van der Waals surface area contributed by atoms with Crippen LogP contribution in [0.3, 0.4) is 0 Å². The molecular formula is C12H16ClNO3S2. The number of hydrogen-bond acceptors (Lipinski definition) is 4. The van der Waals surface area contributed by atoms with Crippen molar-refractivity contribution in [2.24, 2.45) is 5.92 Å². The lowest BCUT2D eigenvalue weighted by Crippen LogP contribution is -2.44. The Morgan fingerprint density at radius 3 is 2.68 bits per heavy atom. The molecule has 0 aliphatic carbocycles. The molecule has 7 heteroatoms. The molecule has 1 aliphatic rings. The van der Waals surface area contributed by atoms with Crippen LogP contribution >= 0.6 is 22.0 Å². The van der Waals surface area contributed by atoms with Gasteiger partial charge >= 0.3 is 0 Å². The number of piperidine rings is 1. The molecule has 4 nitrogen and oxygen atoms in total. The second-order valence-electron chi connectivity index (χ2n) is 5.07. The van der Waals surface area contributed by atoms with Gasteiger partial charge in [0.25, 0.3) is 15.0 Å². The Morgan fingerprint density at radius 1 is 1.47 bits per heavy atom. The highest BCUT2D eigenvalue weighted by atomic mass is 35.7. The minimum Gasteiger partial charge on any atom is -0.336 e. The van der Waals surface area contributed by atoms with Crippen molar-refractivity contribution in [1.29, 1.82) is 0 Å². The van der Waals surface area contributed by atoms with E-state index < -0.39 is 9.05 Å². The smallest absolute Gasteiger partial charge is 0.270 e. The Balaban J connectivity index is 2.18. The topological polar surface area (TPSA) is 54.5 Å². The second-order valence-corrected chi connectivity index (χ2v) is 8.77. The Labute approximate surface area is 121 Å². The predicted octanol–water partition coefficient (Wildman–Crippen LogP) is 2.94. The van der Waals surface area contributed by atoms with Crippen molar-refractivity contribution < 1.29 is 13.2 Å². The van der Waals surface area contributed by atoms with Gasteiger partial charge in [-0.05, 0) is 31.7 Å². The van der Waals surface area contributed by atoms with E-state index >= 15 is 0 Å². The fourth-order valence-electron chi connectivity index (χ4n) is 2.43. The first-order chi connectivity index (χ1) is 8.79. The summed E-state index contributed by atoms with van der Waals surface area (Å²) in [6.07, 6.45) is 1.97. The molecule has 1 aromatic rings. The van der Waals surface area contributed by atoms with E-state index in [-0.39, 0.29) is 16.2 Å². The van der Waals surface area contributed by atoms with Crippen molar-refractivity contribution in [2.75, 3.05) is 6.54 Å². The highest BCUT2D eigenvalue weighted by molar-refractivity contribution is 8.15. The Morgan fingerprint density at radius 2 is 2.16 bits per heavy atom. The van der Waals surface area contributed by atoms with Crippen LogP contribution < -0.4 is 0 Å². The van der Waals surface area contributed by atoms with Crippen molar-refractivity contribution in [3.63, 3.8) is 0 Å². The molecule has 1 amide bonds. The van der Waals surface area contributed by atoms with Crippen LogP contribution in [0, 0.1) is 5.92 Å². The average Bonchev–Trinajstić information content (AvgIpc) is 2.76. The third kappa shape index (κ3) is 3.30. The van der Waals surface area contributed by atoms with Gasteiger partial charge < -0.3 is 4.90 Å². The van der Waals surface area contributed by atoms with E-state index in [4.69, 9.17) is 10.7 Å². The molecule has 1 fully saturated rings. The first-order valence-electron chi connectivity index (χ1n) is 6.13. The minimum absolute atomic E-state index is 0.0237. The fraction of sp³-hybridized carbons (Fsp3) is 0.583. The number of halogens is 1. The zero-order valence-corrected chi connectivity index (χ0v) is 13.2. The quantitative estimate of drug-likeness (QED) is 0.787. The molecule has 0 saturated carbocycles. The van der Waals surface area contributed by atoms with Crippen LogP contribution in [0.15, 0.2) is 15.7 Å². The number of hydrogen-bond donors (Lipinski definition) is 0. The fourth-order valence-corrected chi connectivity index (χ4v) is 4.37. The molecule has 2 atom stereocenters. The van der Waals surface area contributed by atoms with Crippen LogP contribution in [0.5, 0.6) is 0 Å². The largest absolute Gasteiger partial charge is 0.336 e. The summed E-state index contributed by atoms with van der Waals surface area (Å²) in [6.45, 7) is 4.93. The first kappa shape index (κ1) is 14.8. The standard InChI is InChI=1S/C12H16ClNO3S2/c1-8-3-4-14(9(2)5-8)12(15)10-6-11(18-7-10)19(13,16)17/h6-9H,3-5H2,1-2H3. The van der Waals surface area contributed by atoms with Gasteiger partial charge in [0.2, 0.25) is 0 Å². The van der Waals surface area contributed by atoms with E-state index in [0.717, 1.165) is 30.7 Å². The SMILES string of the molecule is CC1CCN(C(=O)c2csc(S(=O)(=O)Cl)c2)C(C)C1. The van der Waals surface area contributed by atoms with Gasteiger partial charge in [-0.3, -0.25) is 4.79 Å². The normalized spacial score (nSPS) is 24.5. The zero-order valence-electron chi connectivity index (χ0n) is 10.8. The van der Waals surface area contributed by atoms with Gasteiger partial charge in [-0.25, -0.2) is 8.42 Å². The molecule has 1 aromatic heterocycles. The van der Waals surface area contributed by atoms with Gasteiger partial charge in [0.05, 0.1) is 5.56 Å². The Bertz CT molecular complexity index is 582. The van der Waals surface area contributed by atoms with E-state index in [2.05, 4.69) is 6.92 Å². The average molecular weight is 322 g/mol. The van der Waals surface area contributed by atoms with Gasteiger partial charge in [-0.2, -0.15) is 0 Å². The summed E-state index contributed by atoms with van der Waals surface area (Å²) >= 11 is 0.983. The van der Waals surface area contributed by atoms with E-state index in [1.807, 2.05) is 11.8 Å². The number of carbonyl (C=O) groups excluding carboxylic acids is 1. The third-order valence-electron chi connectivity index (χ3n) is 3.46. The van der Waals surface area contributed by atoms with Gasteiger partial charge in [0, 0.05) is 28.6 Å². The third-order valence-corrected chi connectivity index (χ3v) is 6.50. The van der Waals surface area contributed by atoms with Crippen LogP contribution in [0.1, 0.15) is 37.0 Å². The van der Waals surface area contributed by atoms with E-state index in [0.29, 0.717) is 11.5 Å². The Hall–Kier alpha value is -0.590. The maximum atomic E-state index is 12.4. The van der Waals surface area contributed by atoms with Gasteiger partial charge in [-0.1, -0.05) is 6.92 Å². The summed E-state index contributed by atoms with van der Waals surface area (Å²) < 4.78 is 22.4. The first-order valence-corrected chi connectivity index (χ1v) is 9.32. The van der Waals surface area contributed by atoms with Crippen molar-refractivity contribution >= 4 is 37.0 Å². The van der Waals surface area contributed by atoms with Crippen LogP contribution in [0.4, 0.5) is 0 Å². The second kappa shape index (κ2) is 5.42. The number of rotatable bonds is 2. The number of amides is 1. The summed E-state index contributed by atoms with van der Waals surface area (Å²) in [5.41, 5.74) is 0.408. The summed E-state index contributed by atoms with van der Waals surface area (Å²) in [7, 11) is 1.52. The van der Waals surface area contributed by atoms with Crippen molar-refractivity contribution in [3.05, 3.63) is 17.0 Å². The highest BCUT2D eigenvalue weighted by Crippen LogP contribution is 2.28. The molecule has 0 spiro atoms. The van der Waals surface area contributed by atoms with E-state index in [1.165, 1.54) is 6.07 Å². The molecule has 19 heavy (non-hydrogen) atoms. The molecule has 2 heterocycles. The number of likely N-dealkylation sites (tertiary alicyclic amines) is 1. The molecule has 1 saturated heterocycles. The molecular weight excluding hydrogens is 306 g/mol. The van der Waals surface area contributed by atoms with Crippen molar-refractivity contribution in [3.8, 4) is 0 Å². The predicted molar refractivity (Wildman–Crippen MR) is 76.3 cm³/mol. The Kier molecular flexibility index (Phi) is 4.23. The molecule has 0 aromatic carbocycles. The summed E-state index contributed by atoms with van der Waals surface area (Å²) in [4.78, 5) is 14.2.